The zero-order valence-electron chi connectivity index (χ0n) is 13.6. The third-order valence-electron chi connectivity index (χ3n) is 4.52. The second kappa shape index (κ2) is 6.99. The minimum Gasteiger partial charge on any atom is -0.324 e. The van der Waals surface area contributed by atoms with Gasteiger partial charge in [-0.15, -0.1) is 5.10 Å². The van der Waals surface area contributed by atoms with Crippen molar-refractivity contribution in [1.82, 2.24) is 19.9 Å². The van der Waals surface area contributed by atoms with E-state index in [2.05, 4.69) is 15.6 Å². The lowest BCUT2D eigenvalue weighted by Crippen LogP contribution is -2.40. The van der Waals surface area contributed by atoms with E-state index in [1.807, 2.05) is 25.1 Å². The fourth-order valence-electron chi connectivity index (χ4n) is 2.97. The van der Waals surface area contributed by atoms with Gasteiger partial charge >= 0.3 is 6.03 Å². The Bertz CT molecular complexity index is 733. The Kier molecular flexibility index (Phi) is 4.96. The maximum atomic E-state index is 12.4. The van der Waals surface area contributed by atoms with Gasteiger partial charge in [0.05, 0.1) is 5.69 Å². The number of rotatable bonds is 2. The van der Waals surface area contributed by atoms with E-state index >= 15 is 0 Å². The van der Waals surface area contributed by atoms with Crippen LogP contribution in [0, 0.1) is 6.92 Å². The number of urea groups is 1. The Balaban J connectivity index is 1.62. The maximum Gasteiger partial charge on any atom is 0.323 e. The summed E-state index contributed by atoms with van der Waals surface area (Å²) in [6, 6.07) is 5.42. The van der Waals surface area contributed by atoms with Crippen LogP contribution in [-0.4, -0.2) is 39.0 Å². The van der Waals surface area contributed by atoms with Gasteiger partial charge in [0.1, 0.15) is 0 Å². The first-order valence-corrected chi connectivity index (χ1v) is 8.59. The Hall–Kier alpha value is -1.79. The second-order valence-electron chi connectivity index (χ2n) is 5.97. The number of aromatic nitrogens is 3. The lowest BCUT2D eigenvalue weighted by Gasteiger charge is -2.32. The number of hydrogen-bond donors (Lipinski definition) is 1. The van der Waals surface area contributed by atoms with Gasteiger partial charge in [-0.1, -0.05) is 34.5 Å². The number of hydrogen-bond acceptors (Lipinski definition) is 3. The van der Waals surface area contributed by atoms with Crippen molar-refractivity contribution in [2.24, 2.45) is 7.05 Å². The standard InChI is InChI=1S/C16H19Cl2N5O/c1-10-15(20-21-22(10)2)19-16(24)23-8-6-11(7-9-23)14-12(17)4-3-5-13(14)18/h3-5,11H,6-9H2,1-2H3,(H,19,24). The number of nitrogens with one attached hydrogen (secondary N) is 1. The summed E-state index contributed by atoms with van der Waals surface area (Å²) < 4.78 is 1.63. The smallest absolute Gasteiger partial charge is 0.323 e. The summed E-state index contributed by atoms with van der Waals surface area (Å²) in [5.74, 6) is 0.771. The highest BCUT2D eigenvalue weighted by atomic mass is 35.5. The molecule has 8 heteroatoms. The van der Waals surface area contributed by atoms with Crippen LogP contribution in [0.5, 0.6) is 0 Å². The van der Waals surface area contributed by atoms with E-state index in [0.717, 1.165) is 24.1 Å². The van der Waals surface area contributed by atoms with Crippen molar-refractivity contribution in [2.45, 2.75) is 25.7 Å². The molecule has 1 aliphatic rings. The van der Waals surface area contributed by atoms with E-state index in [0.29, 0.717) is 29.0 Å². The third-order valence-corrected chi connectivity index (χ3v) is 5.18. The molecule has 3 rings (SSSR count). The number of anilines is 1. The minimum atomic E-state index is -0.151. The molecule has 0 atom stereocenters. The molecule has 0 spiro atoms. The first-order chi connectivity index (χ1) is 11.5. The van der Waals surface area contributed by atoms with E-state index in [-0.39, 0.29) is 11.9 Å². The van der Waals surface area contributed by atoms with Gasteiger partial charge in [-0.2, -0.15) is 0 Å². The SMILES string of the molecule is Cc1c(NC(=O)N2CCC(c3c(Cl)cccc3Cl)CC2)nnn1C. The van der Waals surface area contributed by atoms with Crippen LogP contribution in [0.15, 0.2) is 18.2 Å². The molecule has 2 amide bonds. The first kappa shape index (κ1) is 17.0. The molecule has 1 aromatic carbocycles. The summed E-state index contributed by atoms with van der Waals surface area (Å²) in [6.45, 7) is 3.16. The summed E-state index contributed by atoms with van der Waals surface area (Å²) >= 11 is 12.6. The van der Waals surface area contributed by atoms with E-state index in [9.17, 15) is 4.79 Å². The summed E-state index contributed by atoms with van der Waals surface area (Å²) in [7, 11) is 1.79. The van der Waals surface area contributed by atoms with Crippen LogP contribution < -0.4 is 5.32 Å². The predicted octanol–water partition coefficient (Wildman–Crippen LogP) is 3.84. The molecule has 2 heterocycles. The van der Waals surface area contributed by atoms with Gasteiger partial charge < -0.3 is 4.90 Å². The Morgan fingerprint density at radius 1 is 1.25 bits per heavy atom. The number of likely N-dealkylation sites (tertiary alicyclic amines) is 1. The normalized spacial score (nSPS) is 15.6. The molecule has 0 aliphatic carbocycles. The molecule has 2 aromatic rings. The van der Waals surface area contributed by atoms with Gasteiger partial charge in [-0.05, 0) is 43.4 Å². The molecule has 128 valence electrons. The lowest BCUT2D eigenvalue weighted by atomic mass is 9.89. The number of halogens is 2. The predicted molar refractivity (Wildman–Crippen MR) is 94.8 cm³/mol. The highest BCUT2D eigenvalue weighted by Crippen LogP contribution is 2.37. The van der Waals surface area contributed by atoms with E-state index in [4.69, 9.17) is 23.2 Å². The van der Waals surface area contributed by atoms with Crippen LogP contribution in [0.3, 0.4) is 0 Å². The summed E-state index contributed by atoms with van der Waals surface area (Å²) in [6.07, 6.45) is 1.66. The number of carbonyl (C=O) groups excluding carboxylic acids is 1. The van der Waals surface area contributed by atoms with Crippen molar-refractivity contribution in [2.75, 3.05) is 18.4 Å². The van der Waals surface area contributed by atoms with E-state index < -0.39 is 0 Å². The van der Waals surface area contributed by atoms with Crippen LogP contribution in [0.1, 0.15) is 30.0 Å². The molecule has 24 heavy (non-hydrogen) atoms. The summed E-state index contributed by atoms with van der Waals surface area (Å²) in [4.78, 5) is 14.2. The molecular formula is C16H19Cl2N5O. The number of carbonyl (C=O) groups is 1. The van der Waals surface area contributed by atoms with E-state index in [1.54, 1.807) is 16.6 Å². The van der Waals surface area contributed by atoms with Crippen LogP contribution in [-0.2, 0) is 7.05 Å². The van der Waals surface area contributed by atoms with Gasteiger partial charge in [0, 0.05) is 30.2 Å². The third kappa shape index (κ3) is 3.35. The van der Waals surface area contributed by atoms with Crippen molar-refractivity contribution >= 4 is 35.1 Å². The van der Waals surface area contributed by atoms with Crippen LogP contribution >= 0.6 is 23.2 Å². The second-order valence-corrected chi connectivity index (χ2v) is 6.79. The molecule has 1 fully saturated rings. The van der Waals surface area contributed by atoms with Crippen LogP contribution in [0.25, 0.3) is 0 Å². The zero-order chi connectivity index (χ0) is 17.3. The summed E-state index contributed by atoms with van der Waals surface area (Å²) in [5.41, 5.74) is 1.81. The fraction of sp³-hybridized carbons (Fsp3) is 0.438. The number of nitrogens with zero attached hydrogens (tertiary/aromatic N) is 4. The minimum absolute atomic E-state index is 0.151. The van der Waals surface area contributed by atoms with E-state index in [1.165, 1.54) is 0 Å². The molecule has 1 saturated heterocycles. The van der Waals surface area contributed by atoms with Gasteiger partial charge in [-0.25, -0.2) is 4.79 Å². The van der Waals surface area contributed by atoms with Crippen molar-refractivity contribution in [1.29, 1.82) is 0 Å². The molecule has 1 N–H and O–H groups in total. The van der Waals surface area contributed by atoms with Crippen molar-refractivity contribution in [3.05, 3.63) is 39.5 Å². The zero-order valence-corrected chi connectivity index (χ0v) is 15.1. The summed E-state index contributed by atoms with van der Waals surface area (Å²) in [5, 5.41) is 12.1. The Morgan fingerprint density at radius 2 is 1.88 bits per heavy atom. The molecule has 1 aromatic heterocycles. The fourth-order valence-corrected chi connectivity index (χ4v) is 3.68. The van der Waals surface area contributed by atoms with Gasteiger partial charge in [-0.3, -0.25) is 10.00 Å². The molecule has 6 nitrogen and oxygen atoms in total. The van der Waals surface area contributed by atoms with Crippen LogP contribution in [0.2, 0.25) is 10.0 Å². The van der Waals surface area contributed by atoms with Gasteiger partial charge in [0.15, 0.2) is 5.82 Å². The lowest BCUT2D eigenvalue weighted by molar-refractivity contribution is 0.194. The van der Waals surface area contributed by atoms with Crippen molar-refractivity contribution < 1.29 is 4.79 Å². The average molecular weight is 368 g/mol. The van der Waals surface area contributed by atoms with Gasteiger partial charge in [0.2, 0.25) is 0 Å². The molecule has 0 saturated carbocycles. The molecule has 0 bridgehead atoms. The highest BCUT2D eigenvalue weighted by molar-refractivity contribution is 6.36. The quantitative estimate of drug-likeness (QED) is 0.876. The number of amides is 2. The topological polar surface area (TPSA) is 63.1 Å². The van der Waals surface area contributed by atoms with Crippen molar-refractivity contribution in [3.63, 3.8) is 0 Å². The highest BCUT2D eigenvalue weighted by Gasteiger charge is 2.27. The number of aryl methyl sites for hydroxylation is 1. The molecule has 0 unspecified atom stereocenters. The largest absolute Gasteiger partial charge is 0.324 e. The molecule has 1 aliphatic heterocycles. The monoisotopic (exact) mass is 367 g/mol. The molecular weight excluding hydrogens is 349 g/mol. The van der Waals surface area contributed by atoms with Crippen LogP contribution in [0.4, 0.5) is 10.6 Å². The van der Waals surface area contributed by atoms with Gasteiger partial charge in [0.25, 0.3) is 0 Å². The number of benzene rings is 1. The molecule has 0 radical (unpaired) electrons. The number of piperidine rings is 1. The Morgan fingerprint density at radius 3 is 2.42 bits per heavy atom. The Labute approximate surface area is 150 Å². The first-order valence-electron chi connectivity index (χ1n) is 7.83. The average Bonchev–Trinajstić information content (AvgIpc) is 2.87. The maximum absolute atomic E-state index is 12.4. The van der Waals surface area contributed by atoms with Crippen molar-refractivity contribution in [3.8, 4) is 0 Å².